The van der Waals surface area contributed by atoms with Crippen molar-refractivity contribution in [2.75, 3.05) is 50.7 Å². The van der Waals surface area contributed by atoms with E-state index in [4.69, 9.17) is 19.2 Å². The number of carbonyl (C=O) groups excluding carboxylic acids is 1. The zero-order chi connectivity index (χ0) is 23.6. The third-order valence-electron chi connectivity index (χ3n) is 5.47. The van der Waals surface area contributed by atoms with Gasteiger partial charge in [-0.25, -0.2) is 4.98 Å². The molecule has 174 valence electrons. The highest BCUT2D eigenvalue weighted by atomic mass is 16.5. The summed E-state index contributed by atoms with van der Waals surface area (Å²) in [6.07, 6.45) is 1.76. The van der Waals surface area contributed by atoms with Gasteiger partial charge in [-0.05, 0) is 23.8 Å². The molecule has 9 heteroatoms. The van der Waals surface area contributed by atoms with Gasteiger partial charge >= 0.3 is 0 Å². The standard InChI is InChI=1S/C24H29N5O4/c1-24(2,3)22(30)28-23-26-20-17(21(27-23)29-8-10-33-11-9-29)12-16(14-25-20)15-6-7-18(31-4)19(13-15)32-5/h6-7,12-14H,8-11H2,1-5H3,(H,25,26,27,28,30). The average Bonchev–Trinajstić information content (AvgIpc) is 2.82. The fourth-order valence-electron chi connectivity index (χ4n) is 3.53. The number of nitrogens with zero attached hydrogens (tertiary/aromatic N) is 4. The number of hydrogen-bond acceptors (Lipinski definition) is 8. The Morgan fingerprint density at radius 2 is 1.76 bits per heavy atom. The van der Waals surface area contributed by atoms with E-state index in [-0.39, 0.29) is 11.9 Å². The van der Waals surface area contributed by atoms with Crippen LogP contribution in [0, 0.1) is 5.41 Å². The molecule has 33 heavy (non-hydrogen) atoms. The highest BCUT2D eigenvalue weighted by Crippen LogP contribution is 2.34. The Kier molecular flexibility index (Phi) is 6.33. The van der Waals surface area contributed by atoms with Gasteiger partial charge in [-0.15, -0.1) is 0 Å². The summed E-state index contributed by atoms with van der Waals surface area (Å²) < 4.78 is 16.3. The molecule has 0 atom stereocenters. The molecular formula is C24H29N5O4. The number of amides is 1. The molecular weight excluding hydrogens is 422 g/mol. The molecule has 0 bridgehead atoms. The number of carbonyl (C=O) groups is 1. The van der Waals surface area contributed by atoms with Gasteiger partial charge in [0.05, 0.1) is 32.8 Å². The SMILES string of the molecule is COc1ccc(-c2cnc3nc(NC(=O)C(C)(C)C)nc(N4CCOCC4)c3c2)cc1OC. The Hall–Kier alpha value is -3.46. The number of methoxy groups -OCH3 is 2. The maximum absolute atomic E-state index is 12.5. The maximum Gasteiger partial charge on any atom is 0.233 e. The summed E-state index contributed by atoms with van der Waals surface area (Å²) in [5, 5.41) is 3.64. The smallest absolute Gasteiger partial charge is 0.233 e. The predicted molar refractivity (Wildman–Crippen MR) is 127 cm³/mol. The van der Waals surface area contributed by atoms with E-state index in [2.05, 4.69) is 20.2 Å². The second-order valence-electron chi connectivity index (χ2n) is 8.84. The zero-order valence-corrected chi connectivity index (χ0v) is 19.6. The molecule has 0 unspecified atom stereocenters. The fraction of sp³-hybridized carbons (Fsp3) is 0.417. The van der Waals surface area contributed by atoms with Crippen molar-refractivity contribution < 1.29 is 19.0 Å². The molecule has 1 saturated heterocycles. The Morgan fingerprint density at radius 3 is 2.42 bits per heavy atom. The van der Waals surface area contributed by atoms with E-state index < -0.39 is 5.41 Å². The molecule has 2 aromatic heterocycles. The number of anilines is 2. The summed E-state index contributed by atoms with van der Waals surface area (Å²) in [5.41, 5.74) is 1.77. The molecule has 1 fully saturated rings. The van der Waals surface area contributed by atoms with Crippen molar-refractivity contribution in [3.8, 4) is 22.6 Å². The molecule has 9 nitrogen and oxygen atoms in total. The first-order valence-electron chi connectivity index (χ1n) is 10.8. The highest BCUT2D eigenvalue weighted by molar-refractivity contribution is 5.96. The van der Waals surface area contributed by atoms with Crippen LogP contribution in [-0.4, -0.2) is 61.4 Å². The lowest BCUT2D eigenvalue weighted by molar-refractivity contribution is -0.123. The van der Waals surface area contributed by atoms with Crippen molar-refractivity contribution in [1.29, 1.82) is 0 Å². The summed E-state index contributed by atoms with van der Waals surface area (Å²) in [6, 6.07) is 7.75. The molecule has 1 aromatic carbocycles. The van der Waals surface area contributed by atoms with E-state index in [1.807, 2.05) is 45.0 Å². The van der Waals surface area contributed by atoms with Crippen LogP contribution < -0.4 is 19.7 Å². The van der Waals surface area contributed by atoms with Crippen LogP contribution in [-0.2, 0) is 9.53 Å². The topological polar surface area (TPSA) is 98.7 Å². The number of fused-ring (bicyclic) bond motifs is 1. The van der Waals surface area contributed by atoms with Gasteiger partial charge in [-0.2, -0.15) is 9.97 Å². The van der Waals surface area contributed by atoms with E-state index in [1.165, 1.54) is 0 Å². The molecule has 0 saturated carbocycles. The Morgan fingerprint density at radius 1 is 1.03 bits per heavy atom. The van der Waals surface area contributed by atoms with Crippen LogP contribution in [0.3, 0.4) is 0 Å². The van der Waals surface area contributed by atoms with Crippen LogP contribution in [0.1, 0.15) is 20.8 Å². The first-order valence-corrected chi connectivity index (χ1v) is 10.8. The summed E-state index contributed by atoms with van der Waals surface area (Å²) in [5.74, 6) is 2.11. The van der Waals surface area contributed by atoms with Crippen LogP contribution in [0.5, 0.6) is 11.5 Å². The Labute approximate surface area is 193 Å². The third-order valence-corrected chi connectivity index (χ3v) is 5.47. The van der Waals surface area contributed by atoms with Crippen molar-refractivity contribution >= 4 is 28.7 Å². The monoisotopic (exact) mass is 451 g/mol. The maximum atomic E-state index is 12.5. The van der Waals surface area contributed by atoms with E-state index in [0.717, 1.165) is 22.3 Å². The minimum Gasteiger partial charge on any atom is -0.493 e. The molecule has 1 N–H and O–H groups in total. The predicted octanol–water partition coefficient (Wildman–Crippen LogP) is 3.53. The molecule has 1 aliphatic heterocycles. The van der Waals surface area contributed by atoms with Crippen molar-refractivity contribution in [3.63, 3.8) is 0 Å². The van der Waals surface area contributed by atoms with Gasteiger partial charge in [0.15, 0.2) is 17.1 Å². The lowest BCUT2D eigenvalue weighted by atomic mass is 9.96. The van der Waals surface area contributed by atoms with E-state index >= 15 is 0 Å². The molecule has 0 radical (unpaired) electrons. The van der Waals surface area contributed by atoms with Gasteiger partial charge in [-0.1, -0.05) is 26.8 Å². The van der Waals surface area contributed by atoms with Crippen LogP contribution in [0.15, 0.2) is 30.5 Å². The number of pyridine rings is 1. The molecule has 3 aromatic rings. The summed E-state index contributed by atoms with van der Waals surface area (Å²) in [7, 11) is 3.22. The summed E-state index contributed by atoms with van der Waals surface area (Å²) in [4.78, 5) is 28.5. The van der Waals surface area contributed by atoms with Crippen LogP contribution in [0.4, 0.5) is 11.8 Å². The number of aromatic nitrogens is 3. The number of ether oxygens (including phenoxy) is 3. The zero-order valence-electron chi connectivity index (χ0n) is 19.6. The normalized spacial score (nSPS) is 14.3. The second-order valence-corrected chi connectivity index (χ2v) is 8.84. The van der Waals surface area contributed by atoms with Gasteiger partial charge in [0.25, 0.3) is 0 Å². The van der Waals surface area contributed by atoms with Gasteiger partial charge in [0.2, 0.25) is 11.9 Å². The van der Waals surface area contributed by atoms with Crippen molar-refractivity contribution in [1.82, 2.24) is 15.0 Å². The number of morpholine rings is 1. The lowest BCUT2D eigenvalue weighted by Gasteiger charge is -2.29. The van der Waals surface area contributed by atoms with Crippen molar-refractivity contribution in [2.24, 2.45) is 5.41 Å². The second kappa shape index (κ2) is 9.19. The third kappa shape index (κ3) is 4.83. The number of rotatable bonds is 5. The summed E-state index contributed by atoms with van der Waals surface area (Å²) in [6.45, 7) is 8.15. The first-order chi connectivity index (χ1) is 15.8. The van der Waals surface area contributed by atoms with Gasteiger partial charge in [0, 0.05) is 30.3 Å². The van der Waals surface area contributed by atoms with Crippen LogP contribution in [0.2, 0.25) is 0 Å². The number of benzene rings is 1. The molecule has 0 spiro atoms. The average molecular weight is 452 g/mol. The molecule has 1 aliphatic rings. The van der Waals surface area contributed by atoms with Gasteiger partial charge in [-0.3, -0.25) is 10.1 Å². The fourth-order valence-corrected chi connectivity index (χ4v) is 3.53. The molecule has 4 rings (SSSR count). The molecule has 3 heterocycles. The largest absolute Gasteiger partial charge is 0.493 e. The quantitative estimate of drug-likeness (QED) is 0.629. The van der Waals surface area contributed by atoms with Crippen LogP contribution >= 0.6 is 0 Å². The van der Waals surface area contributed by atoms with E-state index in [1.54, 1.807) is 20.4 Å². The lowest BCUT2D eigenvalue weighted by Crippen LogP contribution is -2.37. The Balaban J connectivity index is 1.81. The summed E-state index contributed by atoms with van der Waals surface area (Å²) >= 11 is 0. The van der Waals surface area contributed by atoms with Crippen molar-refractivity contribution in [2.45, 2.75) is 20.8 Å². The van der Waals surface area contributed by atoms with Crippen molar-refractivity contribution in [3.05, 3.63) is 30.5 Å². The van der Waals surface area contributed by atoms with E-state index in [0.29, 0.717) is 43.4 Å². The Bertz CT molecular complexity index is 1170. The first kappa shape index (κ1) is 22.7. The van der Waals surface area contributed by atoms with Gasteiger partial charge in [0.1, 0.15) is 5.82 Å². The highest BCUT2D eigenvalue weighted by Gasteiger charge is 2.24. The van der Waals surface area contributed by atoms with Gasteiger partial charge < -0.3 is 19.1 Å². The van der Waals surface area contributed by atoms with Crippen LogP contribution in [0.25, 0.3) is 22.2 Å². The minimum absolute atomic E-state index is 0.156. The molecule has 1 amide bonds. The minimum atomic E-state index is -0.567. The number of nitrogens with one attached hydrogen (secondary N) is 1. The van der Waals surface area contributed by atoms with E-state index in [9.17, 15) is 4.79 Å². The number of hydrogen-bond donors (Lipinski definition) is 1. The molecule has 0 aliphatic carbocycles.